The van der Waals surface area contributed by atoms with Crippen LogP contribution in [0.4, 0.5) is 4.39 Å². The van der Waals surface area contributed by atoms with E-state index in [0.717, 1.165) is 28.5 Å². The van der Waals surface area contributed by atoms with Crippen LogP contribution in [0.15, 0.2) is 18.2 Å². The molecule has 2 aromatic heterocycles. The Labute approximate surface area is 225 Å². The Morgan fingerprint density at radius 1 is 0.595 bits per heavy atom. The number of aromatic nitrogens is 2. The van der Waals surface area contributed by atoms with Gasteiger partial charge in [0.1, 0.15) is 17.2 Å². The third kappa shape index (κ3) is 5.57. The average Bonchev–Trinajstić information content (AvgIpc) is 2.64. The first-order chi connectivity index (χ1) is 16.4. The van der Waals surface area contributed by atoms with Gasteiger partial charge >= 0.3 is 0 Å². The summed E-state index contributed by atoms with van der Waals surface area (Å²) in [5.41, 5.74) is 5.12. The Kier molecular flexibility index (Phi) is 8.12. The largest absolute Gasteiger partial charge is 0.487 e. The van der Waals surface area contributed by atoms with Crippen LogP contribution in [0.3, 0.4) is 0 Å². The number of halogens is 1. The molecule has 0 atom stereocenters. The fraction of sp³-hybridized carbons (Fsp3) is 0.688. The van der Waals surface area contributed by atoms with E-state index in [1.54, 1.807) is 13.8 Å². The maximum atomic E-state index is 12.4. The van der Waals surface area contributed by atoms with E-state index in [9.17, 15) is 4.39 Å². The van der Waals surface area contributed by atoms with Crippen LogP contribution >= 0.6 is 0 Å². The van der Waals surface area contributed by atoms with E-state index in [0.29, 0.717) is 5.41 Å². The van der Waals surface area contributed by atoms with Crippen LogP contribution in [0.25, 0.3) is 0 Å². The minimum atomic E-state index is -0.208. The third-order valence-corrected chi connectivity index (χ3v) is 9.92. The number of ether oxygens (including phenoxy) is 2. The standard InChI is InChI=1S/C16H25NO.C9H18O.C7H8FN/c1-10-9-12-13(11(2)17-10)14(3,4)15(5,6)16(7,8)18-12;1-7(2)8(3,4)10-9(7,5)6;1-5-3-7(8)4-6(2)9-5/h9H,1-8H3;1-6H3;3-4H,1-2H3. The SMILES string of the molecule is CC1(C)OC(C)(C)C1(C)C.Cc1cc(F)cc(C)n1.Cc1cc2c(c(C)n1)C(C)(C)C(C)(C)C(C)(C)O2. The topological polar surface area (TPSA) is 44.2 Å². The number of hydrogen-bond acceptors (Lipinski definition) is 4. The second-order valence-corrected chi connectivity index (χ2v) is 13.9. The van der Waals surface area contributed by atoms with Crippen molar-refractivity contribution in [3.05, 3.63) is 52.4 Å². The second-order valence-electron chi connectivity index (χ2n) is 13.9. The lowest BCUT2D eigenvalue weighted by Gasteiger charge is -2.64. The summed E-state index contributed by atoms with van der Waals surface area (Å²) in [6, 6.07) is 4.89. The van der Waals surface area contributed by atoms with Crippen molar-refractivity contribution in [2.24, 2.45) is 10.8 Å². The number of rotatable bonds is 0. The van der Waals surface area contributed by atoms with Gasteiger partial charge in [0.05, 0.1) is 11.2 Å². The van der Waals surface area contributed by atoms with Gasteiger partial charge in [-0.1, -0.05) is 41.5 Å². The summed E-state index contributed by atoms with van der Waals surface area (Å²) in [7, 11) is 0. The molecule has 0 saturated carbocycles. The van der Waals surface area contributed by atoms with Crippen LogP contribution in [0.1, 0.15) is 111 Å². The van der Waals surface area contributed by atoms with Crippen molar-refractivity contribution in [3.8, 4) is 5.75 Å². The first kappa shape index (κ1) is 31.2. The summed E-state index contributed by atoms with van der Waals surface area (Å²) >= 11 is 0. The number of nitrogens with zero attached hydrogens (tertiary/aromatic N) is 2. The molecule has 5 heteroatoms. The van der Waals surface area contributed by atoms with Crippen molar-refractivity contribution in [1.29, 1.82) is 0 Å². The molecule has 0 spiro atoms. The van der Waals surface area contributed by atoms with E-state index < -0.39 is 0 Å². The van der Waals surface area contributed by atoms with E-state index in [-0.39, 0.29) is 33.5 Å². The highest BCUT2D eigenvalue weighted by Crippen LogP contribution is 2.57. The summed E-state index contributed by atoms with van der Waals surface area (Å²) in [5.74, 6) is 0.800. The number of pyridine rings is 2. The smallest absolute Gasteiger partial charge is 0.127 e. The Balaban J connectivity index is 0.000000214. The molecule has 37 heavy (non-hydrogen) atoms. The highest BCUT2D eigenvalue weighted by molar-refractivity contribution is 5.47. The molecule has 2 aromatic rings. The first-order valence-electron chi connectivity index (χ1n) is 13.4. The number of aryl methyl sites for hydroxylation is 4. The van der Waals surface area contributed by atoms with Crippen LogP contribution in [0.2, 0.25) is 0 Å². The van der Waals surface area contributed by atoms with Crippen LogP contribution < -0.4 is 4.74 Å². The van der Waals surface area contributed by atoms with E-state index >= 15 is 0 Å². The van der Waals surface area contributed by atoms with Gasteiger partial charge in [-0.05, 0) is 81.4 Å². The quantitative estimate of drug-likeness (QED) is 0.353. The van der Waals surface area contributed by atoms with Crippen molar-refractivity contribution in [2.75, 3.05) is 0 Å². The van der Waals surface area contributed by atoms with Gasteiger partial charge in [0.25, 0.3) is 0 Å². The van der Waals surface area contributed by atoms with Crippen molar-refractivity contribution in [3.63, 3.8) is 0 Å². The fourth-order valence-electron chi connectivity index (χ4n) is 5.46. The normalized spacial score (nSPS) is 22.5. The highest BCUT2D eigenvalue weighted by Gasteiger charge is 2.61. The zero-order valence-electron chi connectivity index (χ0n) is 26.3. The maximum Gasteiger partial charge on any atom is 0.127 e. The van der Waals surface area contributed by atoms with Crippen LogP contribution in [0, 0.1) is 44.3 Å². The summed E-state index contributed by atoms with van der Waals surface area (Å²) in [6.07, 6.45) is 0. The molecule has 208 valence electrons. The van der Waals surface area contributed by atoms with Crippen molar-refractivity contribution in [1.82, 2.24) is 9.97 Å². The molecule has 0 N–H and O–H groups in total. The molecule has 1 fully saturated rings. The Morgan fingerprint density at radius 2 is 1.03 bits per heavy atom. The lowest BCUT2D eigenvalue weighted by atomic mass is 9.55. The highest BCUT2D eigenvalue weighted by atomic mass is 19.1. The van der Waals surface area contributed by atoms with Crippen molar-refractivity contribution >= 4 is 0 Å². The first-order valence-corrected chi connectivity index (χ1v) is 13.4. The van der Waals surface area contributed by atoms with Gasteiger partial charge in [-0.25, -0.2) is 4.39 Å². The Hall–Kier alpha value is -2.01. The predicted octanol–water partition coefficient (Wildman–Crippen LogP) is 8.61. The lowest BCUT2D eigenvalue weighted by molar-refractivity contribution is -0.339. The molecule has 0 radical (unpaired) electrons. The van der Waals surface area contributed by atoms with Crippen LogP contribution in [-0.4, -0.2) is 26.8 Å². The monoisotopic (exact) mass is 514 g/mol. The molecule has 0 aromatic carbocycles. The van der Waals surface area contributed by atoms with Crippen LogP contribution in [-0.2, 0) is 10.2 Å². The van der Waals surface area contributed by atoms with Gasteiger partial charge in [0, 0.05) is 50.7 Å². The summed E-state index contributed by atoms with van der Waals surface area (Å²) < 4.78 is 24.4. The average molecular weight is 515 g/mol. The predicted molar refractivity (Wildman–Crippen MR) is 152 cm³/mol. The number of fused-ring (bicyclic) bond motifs is 1. The molecule has 2 aliphatic rings. The van der Waals surface area contributed by atoms with E-state index in [4.69, 9.17) is 9.47 Å². The lowest BCUT2D eigenvalue weighted by Crippen LogP contribution is -2.68. The van der Waals surface area contributed by atoms with Gasteiger partial charge in [-0.2, -0.15) is 0 Å². The zero-order chi connectivity index (χ0) is 29.0. The zero-order valence-corrected chi connectivity index (χ0v) is 26.3. The maximum absolute atomic E-state index is 12.4. The second kappa shape index (κ2) is 9.63. The van der Waals surface area contributed by atoms with Crippen molar-refractivity contribution < 1.29 is 13.9 Å². The van der Waals surface area contributed by atoms with Gasteiger partial charge in [-0.3, -0.25) is 9.97 Å². The minimum Gasteiger partial charge on any atom is -0.487 e. The van der Waals surface area contributed by atoms with Gasteiger partial charge in [-0.15, -0.1) is 0 Å². The van der Waals surface area contributed by atoms with Crippen molar-refractivity contribution in [2.45, 2.75) is 133 Å². The molecular formula is C32H51FN2O2. The summed E-state index contributed by atoms with van der Waals surface area (Å²) in [6.45, 7) is 34.3. The molecule has 1 saturated heterocycles. The van der Waals surface area contributed by atoms with E-state index in [1.807, 2.05) is 6.92 Å². The van der Waals surface area contributed by atoms with Gasteiger partial charge in [0.15, 0.2) is 0 Å². The minimum absolute atomic E-state index is 0.0364. The number of hydrogen-bond donors (Lipinski definition) is 0. The third-order valence-electron chi connectivity index (χ3n) is 9.92. The molecule has 0 aliphatic carbocycles. The van der Waals surface area contributed by atoms with Gasteiger partial charge in [0.2, 0.25) is 0 Å². The van der Waals surface area contributed by atoms with E-state index in [1.165, 1.54) is 17.7 Å². The molecule has 2 aliphatic heterocycles. The molecule has 0 amide bonds. The Morgan fingerprint density at radius 3 is 1.38 bits per heavy atom. The van der Waals surface area contributed by atoms with E-state index in [2.05, 4.69) is 106 Å². The molecule has 0 bridgehead atoms. The fourth-order valence-corrected chi connectivity index (χ4v) is 5.46. The summed E-state index contributed by atoms with van der Waals surface area (Å²) in [4.78, 5) is 8.61. The van der Waals surface area contributed by atoms with Crippen LogP contribution in [0.5, 0.6) is 5.75 Å². The molecule has 0 unspecified atom stereocenters. The van der Waals surface area contributed by atoms with Gasteiger partial charge < -0.3 is 9.47 Å². The molecule has 4 rings (SSSR count). The molecule has 4 heterocycles. The molecular weight excluding hydrogens is 463 g/mol. The Bertz CT molecular complexity index is 1080. The summed E-state index contributed by atoms with van der Waals surface area (Å²) in [5, 5.41) is 0. The molecule has 4 nitrogen and oxygen atoms in total.